The third-order valence-electron chi connectivity index (χ3n) is 2.03. The van der Waals surface area contributed by atoms with Crippen LogP contribution in [0.25, 0.3) is 0 Å². The number of nitroso groups, excluding NO2 is 1. The van der Waals surface area contributed by atoms with Gasteiger partial charge < -0.3 is 10.6 Å². The van der Waals surface area contributed by atoms with E-state index in [0.717, 1.165) is 0 Å². The standard InChI is InChI=1S/C11H13N3O3S/c1-8(15)12-10(7-18-14-17)11(16)13-9-5-3-2-4-6-9/h2-6,10H,7H2,1H3,(H,12,15)(H,13,16). The molecule has 0 aliphatic carbocycles. The number of carbonyl (C=O) groups excluding carboxylic acids is 2. The second-order valence-electron chi connectivity index (χ2n) is 3.48. The number of hydrogen-bond donors (Lipinski definition) is 2. The topological polar surface area (TPSA) is 87.6 Å². The molecule has 0 aromatic heterocycles. The number of carbonyl (C=O) groups is 2. The number of nitrogens with one attached hydrogen (secondary N) is 2. The van der Waals surface area contributed by atoms with Crippen LogP contribution in [0.2, 0.25) is 0 Å². The third-order valence-corrected chi connectivity index (χ3v) is 2.62. The number of para-hydroxylation sites is 1. The zero-order valence-electron chi connectivity index (χ0n) is 9.75. The maximum absolute atomic E-state index is 11.9. The number of anilines is 1. The van der Waals surface area contributed by atoms with Gasteiger partial charge in [0.15, 0.2) is 0 Å². The average molecular weight is 267 g/mol. The van der Waals surface area contributed by atoms with E-state index in [9.17, 15) is 14.5 Å². The van der Waals surface area contributed by atoms with Crippen LogP contribution in [0.4, 0.5) is 5.69 Å². The number of hydrogen-bond acceptors (Lipinski definition) is 5. The van der Waals surface area contributed by atoms with Crippen molar-refractivity contribution < 1.29 is 9.59 Å². The van der Waals surface area contributed by atoms with E-state index in [0.29, 0.717) is 17.6 Å². The Morgan fingerprint density at radius 2 is 2.00 bits per heavy atom. The van der Waals surface area contributed by atoms with Gasteiger partial charge in [0, 0.05) is 34.9 Å². The maximum atomic E-state index is 11.9. The minimum Gasteiger partial charge on any atom is -0.344 e. The fourth-order valence-corrected chi connectivity index (χ4v) is 1.73. The van der Waals surface area contributed by atoms with Crippen molar-refractivity contribution >= 4 is 29.4 Å². The SMILES string of the molecule is CC(=O)NC(CSN=O)C(=O)Nc1ccccc1. The summed E-state index contributed by atoms with van der Waals surface area (Å²) in [4.78, 5) is 32.9. The molecule has 96 valence electrons. The van der Waals surface area contributed by atoms with Crippen LogP contribution in [0.3, 0.4) is 0 Å². The molecule has 2 amide bonds. The summed E-state index contributed by atoms with van der Waals surface area (Å²) in [5.74, 6) is -0.621. The normalized spacial score (nSPS) is 11.4. The molecule has 0 saturated carbocycles. The lowest BCUT2D eigenvalue weighted by atomic mass is 10.2. The van der Waals surface area contributed by atoms with Crippen molar-refractivity contribution in [3.05, 3.63) is 35.2 Å². The molecule has 0 aliphatic heterocycles. The zero-order chi connectivity index (χ0) is 13.4. The summed E-state index contributed by atoms with van der Waals surface area (Å²) in [5.41, 5.74) is 0.627. The summed E-state index contributed by atoms with van der Waals surface area (Å²) in [6.07, 6.45) is 0. The molecule has 0 heterocycles. The van der Waals surface area contributed by atoms with E-state index in [2.05, 4.69) is 15.2 Å². The molecule has 1 rings (SSSR count). The van der Waals surface area contributed by atoms with Crippen LogP contribution in [-0.4, -0.2) is 23.6 Å². The quantitative estimate of drug-likeness (QED) is 0.604. The summed E-state index contributed by atoms with van der Waals surface area (Å²) < 4.78 is 2.61. The predicted molar refractivity (Wildman–Crippen MR) is 70.9 cm³/mol. The number of benzene rings is 1. The van der Waals surface area contributed by atoms with Crippen LogP contribution < -0.4 is 10.6 Å². The molecule has 18 heavy (non-hydrogen) atoms. The highest BCUT2D eigenvalue weighted by molar-refractivity contribution is 7.97. The van der Waals surface area contributed by atoms with Crippen molar-refractivity contribution in [2.24, 2.45) is 4.58 Å². The van der Waals surface area contributed by atoms with Crippen LogP contribution in [0.15, 0.2) is 34.9 Å². The number of nitrogens with zero attached hydrogens (tertiary/aromatic N) is 1. The number of amides is 2. The fourth-order valence-electron chi connectivity index (χ4n) is 1.28. The van der Waals surface area contributed by atoms with Gasteiger partial charge in [0.2, 0.25) is 11.8 Å². The van der Waals surface area contributed by atoms with Gasteiger partial charge in [-0.1, -0.05) is 18.2 Å². The summed E-state index contributed by atoms with van der Waals surface area (Å²) in [5, 5.41) is 5.11. The predicted octanol–water partition coefficient (Wildman–Crippen LogP) is 1.54. The lowest BCUT2D eigenvalue weighted by molar-refractivity contribution is -0.124. The first-order valence-electron chi connectivity index (χ1n) is 5.21. The molecule has 1 aromatic rings. The molecule has 2 N–H and O–H groups in total. The highest BCUT2D eigenvalue weighted by atomic mass is 32.2. The van der Waals surface area contributed by atoms with E-state index in [1.807, 2.05) is 6.07 Å². The minimum absolute atomic E-state index is 0.0990. The molecule has 1 unspecified atom stereocenters. The van der Waals surface area contributed by atoms with Gasteiger partial charge in [0.25, 0.3) is 0 Å². The first-order valence-corrected chi connectivity index (χ1v) is 6.15. The van der Waals surface area contributed by atoms with Gasteiger partial charge in [0.1, 0.15) is 6.04 Å². The second-order valence-corrected chi connectivity index (χ2v) is 4.22. The molecule has 6 nitrogen and oxygen atoms in total. The molecule has 0 spiro atoms. The highest BCUT2D eigenvalue weighted by Gasteiger charge is 2.19. The summed E-state index contributed by atoms with van der Waals surface area (Å²) in [6.45, 7) is 1.31. The lowest BCUT2D eigenvalue weighted by Gasteiger charge is -2.15. The molecule has 1 aromatic carbocycles. The number of rotatable bonds is 6. The van der Waals surface area contributed by atoms with Crippen LogP contribution in [0.1, 0.15) is 6.92 Å². The van der Waals surface area contributed by atoms with E-state index in [4.69, 9.17) is 0 Å². The van der Waals surface area contributed by atoms with E-state index >= 15 is 0 Å². The van der Waals surface area contributed by atoms with E-state index in [1.54, 1.807) is 24.3 Å². The second kappa shape index (κ2) is 7.44. The molecule has 1 atom stereocenters. The molecule has 0 saturated heterocycles. The summed E-state index contributed by atoms with van der Waals surface area (Å²) in [7, 11) is 0. The molecular weight excluding hydrogens is 254 g/mol. The molecular formula is C11H13N3O3S. The van der Waals surface area contributed by atoms with Gasteiger partial charge in [-0.3, -0.25) is 9.59 Å². The Bertz CT molecular complexity index is 425. The lowest BCUT2D eigenvalue weighted by Crippen LogP contribution is -2.44. The molecule has 7 heteroatoms. The van der Waals surface area contributed by atoms with Crippen LogP contribution in [0, 0.1) is 4.91 Å². The van der Waals surface area contributed by atoms with Crippen molar-refractivity contribution in [2.45, 2.75) is 13.0 Å². The first-order chi connectivity index (χ1) is 8.63. The largest absolute Gasteiger partial charge is 0.344 e. The smallest absolute Gasteiger partial charge is 0.247 e. The van der Waals surface area contributed by atoms with Gasteiger partial charge in [-0.25, -0.2) is 0 Å². The van der Waals surface area contributed by atoms with Crippen molar-refractivity contribution in [2.75, 3.05) is 11.1 Å². The van der Waals surface area contributed by atoms with Gasteiger partial charge in [-0.05, 0) is 12.1 Å². The van der Waals surface area contributed by atoms with Crippen molar-refractivity contribution in [1.29, 1.82) is 0 Å². The summed E-state index contributed by atoms with van der Waals surface area (Å²) in [6, 6.07) is 8.06. The van der Waals surface area contributed by atoms with Gasteiger partial charge in [-0.2, -0.15) is 0 Å². The Morgan fingerprint density at radius 1 is 1.33 bits per heavy atom. The van der Waals surface area contributed by atoms with Crippen LogP contribution in [-0.2, 0) is 9.59 Å². The average Bonchev–Trinajstić information content (AvgIpc) is 2.35. The fraction of sp³-hybridized carbons (Fsp3) is 0.273. The molecule has 0 radical (unpaired) electrons. The monoisotopic (exact) mass is 267 g/mol. The van der Waals surface area contributed by atoms with Gasteiger partial charge in [0.05, 0.1) is 0 Å². The first kappa shape index (κ1) is 14.2. The Kier molecular flexibility index (Phi) is 5.86. The Labute approximate surface area is 109 Å². The highest BCUT2D eigenvalue weighted by Crippen LogP contribution is 2.08. The van der Waals surface area contributed by atoms with Crippen LogP contribution >= 0.6 is 11.9 Å². The molecule has 0 bridgehead atoms. The summed E-state index contributed by atoms with van der Waals surface area (Å²) >= 11 is 0.691. The Balaban J connectivity index is 2.63. The minimum atomic E-state index is -0.787. The van der Waals surface area contributed by atoms with Crippen molar-refractivity contribution in [3.8, 4) is 0 Å². The van der Waals surface area contributed by atoms with Gasteiger partial charge >= 0.3 is 0 Å². The zero-order valence-corrected chi connectivity index (χ0v) is 10.6. The Morgan fingerprint density at radius 3 is 2.56 bits per heavy atom. The van der Waals surface area contributed by atoms with Crippen molar-refractivity contribution in [1.82, 2.24) is 5.32 Å². The molecule has 0 aliphatic rings. The Hall–Kier alpha value is -1.89. The van der Waals surface area contributed by atoms with Crippen molar-refractivity contribution in [3.63, 3.8) is 0 Å². The maximum Gasteiger partial charge on any atom is 0.247 e. The van der Waals surface area contributed by atoms with Crippen LogP contribution in [0.5, 0.6) is 0 Å². The van der Waals surface area contributed by atoms with Gasteiger partial charge in [-0.15, -0.1) is 4.91 Å². The molecule has 0 fully saturated rings. The van der Waals surface area contributed by atoms with E-state index in [-0.39, 0.29) is 17.6 Å². The third kappa shape index (κ3) is 4.96. The van der Waals surface area contributed by atoms with E-state index in [1.165, 1.54) is 6.92 Å². The van der Waals surface area contributed by atoms with E-state index < -0.39 is 6.04 Å².